The van der Waals surface area contributed by atoms with Gasteiger partial charge in [0.15, 0.2) is 5.78 Å². The molecule has 0 fully saturated rings. The molecule has 0 atom stereocenters. The molecule has 0 aliphatic rings. The van der Waals surface area contributed by atoms with Gasteiger partial charge in [0.2, 0.25) is 0 Å². The molecule has 0 unspecified atom stereocenters. The van der Waals surface area contributed by atoms with E-state index < -0.39 is 0 Å². The number of rotatable bonds is 2. The average molecular weight is 324 g/mol. The first-order chi connectivity index (χ1) is 8.45. The van der Waals surface area contributed by atoms with Gasteiger partial charge in [-0.05, 0) is 44.2 Å². The molecule has 0 N–H and O–H groups in total. The van der Waals surface area contributed by atoms with Gasteiger partial charge in [-0.1, -0.05) is 44.7 Å². The third kappa shape index (κ3) is 3.01. The molecule has 0 saturated carbocycles. The van der Waals surface area contributed by atoms with Crippen molar-refractivity contribution < 1.29 is 4.79 Å². The van der Waals surface area contributed by atoms with Crippen molar-refractivity contribution in [2.75, 3.05) is 0 Å². The van der Waals surface area contributed by atoms with Crippen LogP contribution in [0.15, 0.2) is 40.9 Å². The summed E-state index contributed by atoms with van der Waals surface area (Å²) in [5.74, 6) is -0.00926. The second-order valence-corrected chi connectivity index (χ2v) is 5.72. The van der Waals surface area contributed by atoms with E-state index in [1.54, 1.807) is 18.2 Å². The van der Waals surface area contributed by atoms with Crippen molar-refractivity contribution in [2.45, 2.75) is 13.8 Å². The summed E-state index contributed by atoms with van der Waals surface area (Å²) < 4.78 is 0.808. The number of halogens is 2. The molecule has 0 aliphatic heterocycles. The number of hydrogen-bond acceptors (Lipinski definition) is 1. The standard InChI is InChI=1S/C15H12BrClO/c1-9-3-10(2)5-11(4-9)15(18)12-6-13(16)8-14(17)7-12/h3-8H,1-2H3. The summed E-state index contributed by atoms with van der Waals surface area (Å²) in [4.78, 5) is 12.4. The van der Waals surface area contributed by atoms with Gasteiger partial charge in [0.25, 0.3) is 0 Å². The highest BCUT2D eigenvalue weighted by molar-refractivity contribution is 9.10. The first-order valence-corrected chi connectivity index (χ1v) is 6.72. The predicted molar refractivity (Wildman–Crippen MR) is 78.5 cm³/mol. The van der Waals surface area contributed by atoms with Gasteiger partial charge in [0.05, 0.1) is 0 Å². The second-order valence-electron chi connectivity index (χ2n) is 4.36. The van der Waals surface area contributed by atoms with Crippen molar-refractivity contribution in [1.82, 2.24) is 0 Å². The van der Waals surface area contributed by atoms with Crippen molar-refractivity contribution in [2.24, 2.45) is 0 Å². The SMILES string of the molecule is Cc1cc(C)cc(C(=O)c2cc(Cl)cc(Br)c2)c1. The zero-order valence-electron chi connectivity index (χ0n) is 10.1. The smallest absolute Gasteiger partial charge is 0.193 e. The monoisotopic (exact) mass is 322 g/mol. The van der Waals surface area contributed by atoms with Crippen molar-refractivity contribution in [3.05, 3.63) is 68.1 Å². The topological polar surface area (TPSA) is 17.1 Å². The molecule has 3 heteroatoms. The second kappa shape index (κ2) is 5.25. The summed E-state index contributed by atoms with van der Waals surface area (Å²) in [6.07, 6.45) is 0. The van der Waals surface area contributed by atoms with E-state index in [9.17, 15) is 4.79 Å². The Hall–Kier alpha value is -1.12. The van der Waals surface area contributed by atoms with Gasteiger partial charge in [0.1, 0.15) is 0 Å². The molecule has 18 heavy (non-hydrogen) atoms. The van der Waals surface area contributed by atoms with Crippen molar-refractivity contribution >= 4 is 33.3 Å². The fourth-order valence-corrected chi connectivity index (χ4v) is 2.82. The maximum atomic E-state index is 12.4. The molecule has 0 bridgehead atoms. The number of benzene rings is 2. The number of carbonyl (C=O) groups excluding carboxylic acids is 1. The Labute approximate surface area is 120 Å². The molecule has 0 heterocycles. The Balaban J connectivity index is 2.47. The van der Waals surface area contributed by atoms with Crippen LogP contribution in [0.1, 0.15) is 27.0 Å². The van der Waals surface area contributed by atoms with Crippen LogP contribution in [0.2, 0.25) is 5.02 Å². The van der Waals surface area contributed by atoms with Crippen molar-refractivity contribution in [3.8, 4) is 0 Å². The summed E-state index contributed by atoms with van der Waals surface area (Å²) in [7, 11) is 0. The van der Waals surface area contributed by atoms with E-state index in [2.05, 4.69) is 15.9 Å². The molecule has 0 radical (unpaired) electrons. The zero-order chi connectivity index (χ0) is 13.3. The molecule has 1 nitrogen and oxygen atoms in total. The lowest BCUT2D eigenvalue weighted by Crippen LogP contribution is -2.02. The molecule has 0 amide bonds. The minimum atomic E-state index is -0.00926. The van der Waals surface area contributed by atoms with Crippen LogP contribution >= 0.6 is 27.5 Å². The minimum Gasteiger partial charge on any atom is -0.289 e. The summed E-state index contributed by atoms with van der Waals surface area (Å²) in [6, 6.07) is 11.1. The summed E-state index contributed by atoms with van der Waals surface area (Å²) in [5.41, 5.74) is 3.46. The average Bonchev–Trinajstić information content (AvgIpc) is 2.25. The van der Waals surface area contributed by atoms with Crippen LogP contribution in [0, 0.1) is 13.8 Å². The van der Waals surface area contributed by atoms with Gasteiger partial charge in [-0.3, -0.25) is 4.79 Å². The zero-order valence-corrected chi connectivity index (χ0v) is 12.5. The van der Waals surface area contributed by atoms with E-state index in [1.165, 1.54) is 0 Å². The largest absolute Gasteiger partial charge is 0.289 e. The van der Waals surface area contributed by atoms with E-state index in [4.69, 9.17) is 11.6 Å². The third-order valence-electron chi connectivity index (χ3n) is 2.61. The van der Waals surface area contributed by atoms with Crippen LogP contribution in [-0.2, 0) is 0 Å². The summed E-state index contributed by atoms with van der Waals surface area (Å²) in [5, 5.41) is 0.553. The first-order valence-electron chi connectivity index (χ1n) is 5.55. The van der Waals surface area contributed by atoms with Gasteiger partial charge in [-0.2, -0.15) is 0 Å². The molecule has 0 spiro atoms. The Morgan fingerprint density at radius 1 is 0.944 bits per heavy atom. The van der Waals surface area contributed by atoms with E-state index in [0.29, 0.717) is 16.1 Å². The molecular formula is C15H12BrClO. The highest BCUT2D eigenvalue weighted by atomic mass is 79.9. The lowest BCUT2D eigenvalue weighted by molar-refractivity contribution is 0.103. The minimum absolute atomic E-state index is 0.00926. The lowest BCUT2D eigenvalue weighted by atomic mass is 9.99. The van der Waals surface area contributed by atoms with Crippen LogP contribution in [-0.4, -0.2) is 5.78 Å². The fraction of sp³-hybridized carbons (Fsp3) is 0.133. The number of hydrogen-bond donors (Lipinski definition) is 0. The van der Waals surface area contributed by atoms with Crippen LogP contribution in [0.3, 0.4) is 0 Å². The molecule has 0 aromatic heterocycles. The van der Waals surface area contributed by atoms with Gasteiger partial charge in [-0.25, -0.2) is 0 Å². The van der Waals surface area contributed by atoms with E-state index in [1.807, 2.05) is 32.0 Å². The van der Waals surface area contributed by atoms with Gasteiger partial charge in [-0.15, -0.1) is 0 Å². The Bertz CT molecular complexity index is 526. The van der Waals surface area contributed by atoms with Gasteiger partial charge >= 0.3 is 0 Å². The predicted octanol–water partition coefficient (Wildman–Crippen LogP) is 4.95. The normalized spacial score (nSPS) is 10.4. The van der Waals surface area contributed by atoms with Gasteiger partial charge < -0.3 is 0 Å². The summed E-state index contributed by atoms with van der Waals surface area (Å²) >= 11 is 9.31. The van der Waals surface area contributed by atoms with E-state index in [0.717, 1.165) is 15.6 Å². The number of ketones is 1. The Morgan fingerprint density at radius 2 is 1.50 bits per heavy atom. The van der Waals surface area contributed by atoms with E-state index in [-0.39, 0.29) is 5.78 Å². The quantitative estimate of drug-likeness (QED) is 0.715. The summed E-state index contributed by atoms with van der Waals surface area (Å²) in [6.45, 7) is 3.97. The number of aryl methyl sites for hydroxylation is 2. The molecule has 2 rings (SSSR count). The molecule has 2 aromatic carbocycles. The molecule has 92 valence electrons. The maximum absolute atomic E-state index is 12.4. The van der Waals surface area contributed by atoms with Crippen LogP contribution in [0.4, 0.5) is 0 Å². The molecule has 0 aliphatic carbocycles. The van der Waals surface area contributed by atoms with Crippen LogP contribution < -0.4 is 0 Å². The lowest BCUT2D eigenvalue weighted by Gasteiger charge is -2.05. The Kier molecular flexibility index (Phi) is 3.88. The Morgan fingerprint density at radius 3 is 2.06 bits per heavy atom. The van der Waals surface area contributed by atoms with Crippen LogP contribution in [0.5, 0.6) is 0 Å². The number of carbonyl (C=O) groups is 1. The van der Waals surface area contributed by atoms with Crippen molar-refractivity contribution in [3.63, 3.8) is 0 Å². The highest BCUT2D eigenvalue weighted by Crippen LogP contribution is 2.22. The van der Waals surface area contributed by atoms with Crippen molar-refractivity contribution in [1.29, 1.82) is 0 Å². The van der Waals surface area contributed by atoms with Crippen LogP contribution in [0.25, 0.3) is 0 Å². The van der Waals surface area contributed by atoms with E-state index >= 15 is 0 Å². The molecular weight excluding hydrogens is 312 g/mol. The third-order valence-corrected chi connectivity index (χ3v) is 3.28. The van der Waals surface area contributed by atoms with Gasteiger partial charge in [0, 0.05) is 20.6 Å². The maximum Gasteiger partial charge on any atom is 0.193 e. The molecule has 2 aromatic rings. The molecule has 0 saturated heterocycles. The highest BCUT2D eigenvalue weighted by Gasteiger charge is 2.11. The fourth-order valence-electron chi connectivity index (χ4n) is 1.96. The first kappa shape index (κ1) is 13.3.